The number of hydrogen-bond donors (Lipinski definition) is 11. The predicted octanol–water partition coefficient (Wildman–Crippen LogP) is -1.63. The van der Waals surface area contributed by atoms with Crippen LogP contribution in [-0.2, 0) is 47.4 Å². The predicted molar refractivity (Wildman–Crippen MR) is 236 cm³/mol. The second kappa shape index (κ2) is 19.9. The van der Waals surface area contributed by atoms with Gasteiger partial charge in [-0.25, -0.2) is 0 Å². The second-order valence-electron chi connectivity index (χ2n) is 23.5. The lowest BCUT2D eigenvalue weighted by molar-refractivity contribution is -0.385. The normalized spacial score (nSPS) is 59.1. The lowest BCUT2D eigenvalue weighted by Gasteiger charge is -2.61. The number of hydrogen-bond acceptors (Lipinski definition) is 21. The van der Waals surface area contributed by atoms with Gasteiger partial charge in [0.15, 0.2) is 30.9 Å². The summed E-state index contributed by atoms with van der Waals surface area (Å²) in [6.07, 6.45) is -18.9. The molecule has 21 heteroatoms. The topological polar surface area (TPSA) is 315 Å². The van der Waals surface area contributed by atoms with Gasteiger partial charge in [0.1, 0.15) is 85.5 Å². The Morgan fingerprint density at radius 1 is 0.557 bits per heavy atom. The lowest BCUT2D eigenvalue weighted by Crippen LogP contribution is -2.66. The van der Waals surface area contributed by atoms with E-state index in [4.69, 9.17) is 47.4 Å². The quantitative estimate of drug-likeness (QED) is 0.116. The van der Waals surface area contributed by atoms with Crippen LogP contribution in [0.1, 0.15) is 92.4 Å². The van der Waals surface area contributed by atoms with Crippen LogP contribution < -0.4 is 0 Å². The van der Waals surface area contributed by atoms with Crippen molar-refractivity contribution in [1.82, 2.24) is 0 Å². The molecule has 0 radical (unpaired) electrons. The summed E-state index contributed by atoms with van der Waals surface area (Å²) in [4.78, 5) is 0. The Morgan fingerprint density at radius 2 is 1.20 bits per heavy atom. The Kier molecular flexibility index (Phi) is 15.0. The maximum atomic E-state index is 12.0. The fourth-order valence-corrected chi connectivity index (χ4v) is 15.7. The number of fused-ring (bicyclic) bond motifs is 7. The molecule has 70 heavy (non-hydrogen) atoms. The number of ether oxygens (including phenoxy) is 10. The standard InChI is InChI=1S/C49H80O21/c1-19-12-31(67-43-37(57)34(54)27(51)17-61-43)49(63-16-19)20(2)32-29(70-49)14-26-24-7-6-22-13-23(8-10-47(22,4)25(24)9-11-48(26,32)5)65-46-42(69-44-38(58)35(55)28(52)18-62-44)40(60)41(30(15-50)66-46)68-45-39(59)36(56)33(53)21(3)64-45/h19-46,50-60H,6-18H2,1-5H3/t19-,20-,21-,22+,23-,24+,25-,26-,27-,28+,29-,30+,31-,32-,33-,34+,35-,36+,37-,38+,39+,40-,41+,42+,43+,44-,45-,46+,47-,48-,49-/m0/s1. The molecule has 0 aromatic heterocycles. The summed E-state index contributed by atoms with van der Waals surface area (Å²) in [5.41, 5.74) is -0.00177. The molecular weight excluding hydrogens is 925 g/mol. The van der Waals surface area contributed by atoms with Gasteiger partial charge in [-0.2, -0.15) is 0 Å². The summed E-state index contributed by atoms with van der Waals surface area (Å²) < 4.78 is 62.5. The van der Waals surface area contributed by atoms with Gasteiger partial charge in [0, 0.05) is 5.92 Å². The van der Waals surface area contributed by atoms with Crippen LogP contribution in [0.3, 0.4) is 0 Å². The Hall–Kier alpha value is -0.840. The molecule has 0 amide bonds. The second-order valence-corrected chi connectivity index (χ2v) is 23.5. The van der Waals surface area contributed by atoms with E-state index in [2.05, 4.69) is 27.7 Å². The molecule has 10 aliphatic rings. The Balaban J connectivity index is 0.820. The molecule has 10 rings (SSSR count). The summed E-state index contributed by atoms with van der Waals surface area (Å²) in [6.45, 7) is 10.0. The van der Waals surface area contributed by atoms with Crippen LogP contribution in [0.5, 0.6) is 0 Å². The molecule has 0 bridgehead atoms. The number of aliphatic hydroxyl groups excluding tert-OH is 11. The average molecular weight is 1010 g/mol. The molecule has 11 N–H and O–H groups in total. The number of rotatable bonds is 9. The number of aliphatic hydroxyl groups is 11. The van der Waals surface area contributed by atoms with Gasteiger partial charge in [-0.3, -0.25) is 0 Å². The Bertz CT molecular complexity index is 1800. The fourth-order valence-electron chi connectivity index (χ4n) is 15.7. The van der Waals surface area contributed by atoms with E-state index in [0.717, 1.165) is 38.5 Å². The summed E-state index contributed by atoms with van der Waals surface area (Å²) in [6, 6.07) is 0. The van der Waals surface area contributed by atoms with Gasteiger partial charge in [0.2, 0.25) is 0 Å². The van der Waals surface area contributed by atoms with Crippen LogP contribution in [0.2, 0.25) is 0 Å². The third kappa shape index (κ3) is 8.76. The SMILES string of the molecule is C[C@@H]1CO[C@@]2(O[C@H]3C[C@H]4[C@@H]5CC[C@@H]6C[C@@H](O[C@@H]7O[C@H](CO)[C@@H](O[C@@H]8O[C@@H](C)[C@H](O)[C@@H](O)[C@H]8O)[C@H](O)[C@H]7O[C@@H]7OC[C@@H](O)[C@H](O)[C@H]7O)CC[C@]6(C)[C@H]5CC[C@]4(C)[C@H]3[C@@H]2C)[C@@H](O[C@H]2OC[C@H](O)[C@@H](O)[C@@H]2O)C1. The molecule has 402 valence electrons. The molecule has 0 aromatic rings. The van der Waals surface area contributed by atoms with Crippen molar-refractivity contribution in [3.05, 3.63) is 0 Å². The van der Waals surface area contributed by atoms with Crippen molar-refractivity contribution < 1.29 is 104 Å². The maximum absolute atomic E-state index is 12.0. The summed E-state index contributed by atoms with van der Waals surface area (Å²) in [5.74, 6) is 1.00. The van der Waals surface area contributed by atoms with E-state index in [1.807, 2.05) is 0 Å². The zero-order chi connectivity index (χ0) is 49.9. The van der Waals surface area contributed by atoms with Crippen LogP contribution in [0.25, 0.3) is 0 Å². The first-order chi connectivity index (χ1) is 33.2. The van der Waals surface area contributed by atoms with Crippen molar-refractivity contribution in [2.75, 3.05) is 26.4 Å². The van der Waals surface area contributed by atoms with Crippen molar-refractivity contribution in [3.63, 3.8) is 0 Å². The van der Waals surface area contributed by atoms with Gasteiger partial charge in [-0.1, -0.05) is 27.7 Å². The third-order valence-electron chi connectivity index (χ3n) is 19.6. The minimum Gasteiger partial charge on any atom is -0.394 e. The zero-order valence-electron chi connectivity index (χ0n) is 40.9. The Morgan fingerprint density at radius 3 is 1.89 bits per heavy atom. The largest absolute Gasteiger partial charge is 0.394 e. The van der Waals surface area contributed by atoms with Crippen molar-refractivity contribution in [3.8, 4) is 0 Å². The first-order valence-corrected chi connectivity index (χ1v) is 26.1. The van der Waals surface area contributed by atoms with Crippen LogP contribution in [0.15, 0.2) is 0 Å². The lowest BCUT2D eigenvalue weighted by atomic mass is 9.44. The molecule has 0 unspecified atom stereocenters. The highest BCUT2D eigenvalue weighted by atomic mass is 16.8. The molecule has 6 saturated heterocycles. The molecule has 4 saturated carbocycles. The third-order valence-corrected chi connectivity index (χ3v) is 19.6. The van der Waals surface area contributed by atoms with Crippen LogP contribution in [-0.4, -0.2) is 217 Å². The highest BCUT2D eigenvalue weighted by Gasteiger charge is 2.71. The van der Waals surface area contributed by atoms with E-state index in [1.54, 1.807) is 0 Å². The highest BCUT2D eigenvalue weighted by molar-refractivity contribution is 5.17. The minimum absolute atomic E-state index is 0.0125. The van der Waals surface area contributed by atoms with Gasteiger partial charge >= 0.3 is 0 Å². The first kappa shape index (κ1) is 52.6. The first-order valence-electron chi connectivity index (χ1n) is 26.1. The fraction of sp³-hybridized carbons (Fsp3) is 1.00. The zero-order valence-corrected chi connectivity index (χ0v) is 40.9. The van der Waals surface area contributed by atoms with E-state index in [9.17, 15) is 56.2 Å². The minimum atomic E-state index is -1.73. The smallest absolute Gasteiger partial charge is 0.198 e. The van der Waals surface area contributed by atoms with Gasteiger partial charge in [-0.15, -0.1) is 0 Å². The summed E-state index contributed by atoms with van der Waals surface area (Å²) >= 11 is 0. The van der Waals surface area contributed by atoms with Crippen molar-refractivity contribution in [2.24, 2.45) is 52.3 Å². The van der Waals surface area contributed by atoms with E-state index >= 15 is 0 Å². The van der Waals surface area contributed by atoms with Crippen LogP contribution >= 0.6 is 0 Å². The summed E-state index contributed by atoms with van der Waals surface area (Å²) in [5, 5.41) is 117. The van der Waals surface area contributed by atoms with E-state index in [-0.39, 0.29) is 54.0 Å². The van der Waals surface area contributed by atoms with Gasteiger partial charge < -0.3 is 104 Å². The van der Waals surface area contributed by atoms with Crippen LogP contribution in [0.4, 0.5) is 0 Å². The van der Waals surface area contributed by atoms with E-state index < -0.39 is 129 Å². The van der Waals surface area contributed by atoms with Gasteiger partial charge in [0.05, 0.1) is 44.7 Å². The maximum Gasteiger partial charge on any atom is 0.198 e. The molecule has 1 spiro atoms. The molecule has 0 aromatic carbocycles. The molecular formula is C49H80O21. The molecule has 21 nitrogen and oxygen atoms in total. The summed E-state index contributed by atoms with van der Waals surface area (Å²) in [7, 11) is 0. The van der Waals surface area contributed by atoms with Crippen molar-refractivity contribution >= 4 is 0 Å². The van der Waals surface area contributed by atoms with Crippen molar-refractivity contribution in [1.29, 1.82) is 0 Å². The molecule has 6 heterocycles. The van der Waals surface area contributed by atoms with Crippen molar-refractivity contribution in [2.45, 2.75) is 227 Å². The van der Waals surface area contributed by atoms with E-state index in [0.29, 0.717) is 49.5 Å². The van der Waals surface area contributed by atoms with Gasteiger partial charge in [-0.05, 0) is 111 Å². The van der Waals surface area contributed by atoms with E-state index in [1.165, 1.54) is 6.92 Å². The molecule has 10 fully saturated rings. The Labute approximate surface area is 408 Å². The van der Waals surface area contributed by atoms with Crippen LogP contribution in [0, 0.1) is 52.3 Å². The molecule has 6 aliphatic heterocycles. The monoisotopic (exact) mass is 1000 g/mol. The molecule has 4 aliphatic carbocycles. The molecule has 31 atom stereocenters. The van der Waals surface area contributed by atoms with Gasteiger partial charge in [0.25, 0.3) is 0 Å². The highest BCUT2D eigenvalue weighted by Crippen LogP contribution is 2.71. The average Bonchev–Trinajstić information content (AvgIpc) is 3.79.